The van der Waals surface area contributed by atoms with E-state index >= 15 is 0 Å². The lowest BCUT2D eigenvalue weighted by molar-refractivity contribution is -0.118. The van der Waals surface area contributed by atoms with Gasteiger partial charge >= 0.3 is 0 Å². The van der Waals surface area contributed by atoms with Crippen LogP contribution in [0.25, 0.3) is 0 Å². The summed E-state index contributed by atoms with van der Waals surface area (Å²) in [5, 5.41) is 2.71. The number of benzene rings is 1. The van der Waals surface area contributed by atoms with E-state index in [0.717, 1.165) is 30.8 Å². The quantitative estimate of drug-likeness (QED) is 0.601. The molecule has 0 heterocycles. The maximum absolute atomic E-state index is 11.0. The minimum Gasteiger partial charge on any atom is -0.494 e. The fraction of sp³-hybridized carbons (Fsp3) is 0.462. The van der Waals surface area contributed by atoms with Crippen molar-refractivity contribution in [2.45, 2.75) is 26.3 Å². The summed E-state index contributed by atoms with van der Waals surface area (Å²) in [4.78, 5) is 11.0. The van der Waals surface area contributed by atoms with E-state index in [1.54, 1.807) is 0 Å². The molecular formula is C13H18ClNO2. The fourth-order valence-corrected chi connectivity index (χ4v) is 1.38. The van der Waals surface area contributed by atoms with Crippen LogP contribution in [0.15, 0.2) is 24.3 Å². The Kier molecular flexibility index (Phi) is 6.48. The number of halogens is 1. The van der Waals surface area contributed by atoms with Crippen LogP contribution >= 0.6 is 11.6 Å². The van der Waals surface area contributed by atoms with Gasteiger partial charge in [0.05, 0.1) is 6.61 Å². The van der Waals surface area contributed by atoms with E-state index in [1.807, 2.05) is 24.3 Å². The van der Waals surface area contributed by atoms with E-state index in [4.69, 9.17) is 16.3 Å². The second-order valence-electron chi connectivity index (χ2n) is 3.76. The molecule has 0 bridgehead atoms. The average Bonchev–Trinajstić information content (AvgIpc) is 2.37. The zero-order valence-electron chi connectivity index (χ0n) is 10.0. The molecule has 0 spiro atoms. The van der Waals surface area contributed by atoms with Gasteiger partial charge in [0.15, 0.2) is 0 Å². The van der Waals surface area contributed by atoms with Gasteiger partial charge in [-0.3, -0.25) is 4.79 Å². The maximum atomic E-state index is 11.0. The van der Waals surface area contributed by atoms with E-state index in [9.17, 15) is 4.79 Å². The Morgan fingerprint density at radius 1 is 1.35 bits per heavy atom. The molecule has 0 fully saturated rings. The predicted octanol–water partition coefficient (Wildman–Crippen LogP) is 2.72. The number of nitrogens with one attached hydrogen (secondary N) is 1. The Bertz CT molecular complexity index is 338. The summed E-state index contributed by atoms with van der Waals surface area (Å²) in [5.41, 5.74) is 1.03. The summed E-state index contributed by atoms with van der Waals surface area (Å²) in [6, 6.07) is 7.71. The number of carbonyl (C=O) groups is 1. The summed E-state index contributed by atoms with van der Waals surface area (Å²) < 4.78 is 5.54. The molecule has 0 aliphatic heterocycles. The summed E-state index contributed by atoms with van der Waals surface area (Å²) in [7, 11) is 0. The van der Waals surface area contributed by atoms with Gasteiger partial charge in [-0.2, -0.15) is 0 Å². The van der Waals surface area contributed by atoms with Crippen LogP contribution in [-0.4, -0.2) is 18.4 Å². The highest BCUT2D eigenvalue weighted by Crippen LogP contribution is 2.12. The van der Waals surface area contributed by atoms with E-state index in [0.29, 0.717) is 6.54 Å². The Labute approximate surface area is 107 Å². The number of hydrogen-bond acceptors (Lipinski definition) is 2. The smallest absolute Gasteiger partial charge is 0.235 e. The third-order valence-corrected chi connectivity index (χ3v) is 2.54. The van der Waals surface area contributed by atoms with Crippen LogP contribution in [0.3, 0.4) is 0 Å². The predicted molar refractivity (Wildman–Crippen MR) is 69.4 cm³/mol. The lowest BCUT2D eigenvalue weighted by Gasteiger charge is -2.07. The lowest BCUT2D eigenvalue weighted by atomic mass is 10.2. The maximum Gasteiger partial charge on any atom is 0.235 e. The van der Waals surface area contributed by atoms with Crippen LogP contribution in [-0.2, 0) is 11.3 Å². The first-order valence-corrected chi connectivity index (χ1v) is 6.34. The van der Waals surface area contributed by atoms with E-state index in [1.165, 1.54) is 0 Å². The number of unbranched alkanes of at least 4 members (excludes halogenated alkanes) is 1. The molecule has 0 aliphatic rings. The van der Waals surface area contributed by atoms with Crippen molar-refractivity contribution in [1.82, 2.24) is 5.32 Å². The Hall–Kier alpha value is -1.22. The number of ether oxygens (including phenoxy) is 1. The highest BCUT2D eigenvalue weighted by molar-refractivity contribution is 6.27. The molecule has 1 rings (SSSR count). The fourth-order valence-electron chi connectivity index (χ4n) is 1.29. The van der Waals surface area contributed by atoms with Crippen molar-refractivity contribution in [2.75, 3.05) is 12.5 Å². The second kappa shape index (κ2) is 7.96. The molecule has 94 valence electrons. The first kappa shape index (κ1) is 13.8. The van der Waals surface area contributed by atoms with Gasteiger partial charge in [-0.25, -0.2) is 0 Å². The van der Waals surface area contributed by atoms with Gasteiger partial charge in [-0.05, 0) is 24.1 Å². The molecule has 0 radical (unpaired) electrons. The lowest BCUT2D eigenvalue weighted by Crippen LogP contribution is -2.23. The minimum atomic E-state index is -0.157. The molecule has 0 unspecified atom stereocenters. The van der Waals surface area contributed by atoms with Crippen LogP contribution in [0.2, 0.25) is 0 Å². The number of carbonyl (C=O) groups excluding carboxylic acids is 1. The molecule has 0 saturated carbocycles. The molecule has 1 aromatic rings. The molecule has 17 heavy (non-hydrogen) atoms. The number of alkyl halides is 1. The van der Waals surface area contributed by atoms with Crippen molar-refractivity contribution in [3.8, 4) is 5.75 Å². The van der Waals surface area contributed by atoms with Crippen molar-refractivity contribution in [1.29, 1.82) is 0 Å². The Morgan fingerprint density at radius 3 is 2.65 bits per heavy atom. The van der Waals surface area contributed by atoms with Gasteiger partial charge in [-0.15, -0.1) is 11.6 Å². The summed E-state index contributed by atoms with van der Waals surface area (Å²) in [6.07, 6.45) is 2.19. The minimum absolute atomic E-state index is 0.00177. The van der Waals surface area contributed by atoms with Gasteiger partial charge in [0, 0.05) is 6.54 Å². The highest BCUT2D eigenvalue weighted by Gasteiger charge is 1.99. The molecule has 0 atom stereocenters. The van der Waals surface area contributed by atoms with Gasteiger partial charge in [-0.1, -0.05) is 25.5 Å². The molecule has 3 nitrogen and oxygen atoms in total. The monoisotopic (exact) mass is 255 g/mol. The van der Waals surface area contributed by atoms with Gasteiger partial charge in [0.1, 0.15) is 11.6 Å². The first-order chi connectivity index (χ1) is 8.26. The third-order valence-electron chi connectivity index (χ3n) is 2.30. The number of hydrogen-bond donors (Lipinski definition) is 1. The molecule has 0 saturated heterocycles. The van der Waals surface area contributed by atoms with Crippen LogP contribution < -0.4 is 10.1 Å². The third kappa shape index (κ3) is 5.59. The van der Waals surface area contributed by atoms with Crippen LogP contribution in [0.4, 0.5) is 0 Å². The standard InChI is InChI=1S/C13H18ClNO2/c1-2-3-8-17-12-6-4-11(5-7-12)10-15-13(16)9-14/h4-7H,2-3,8-10H2,1H3,(H,15,16). The van der Waals surface area contributed by atoms with Crippen molar-refractivity contribution in [3.63, 3.8) is 0 Å². The topological polar surface area (TPSA) is 38.3 Å². The zero-order valence-corrected chi connectivity index (χ0v) is 10.8. The highest BCUT2D eigenvalue weighted by atomic mass is 35.5. The second-order valence-corrected chi connectivity index (χ2v) is 4.02. The van der Waals surface area contributed by atoms with E-state index in [2.05, 4.69) is 12.2 Å². The van der Waals surface area contributed by atoms with Crippen molar-refractivity contribution in [3.05, 3.63) is 29.8 Å². The first-order valence-electron chi connectivity index (χ1n) is 5.80. The largest absolute Gasteiger partial charge is 0.494 e. The molecule has 1 N–H and O–H groups in total. The van der Waals surface area contributed by atoms with Crippen molar-refractivity contribution in [2.24, 2.45) is 0 Å². The molecule has 1 amide bonds. The number of rotatable bonds is 7. The van der Waals surface area contributed by atoms with Gasteiger partial charge in [0.2, 0.25) is 5.91 Å². The van der Waals surface area contributed by atoms with Crippen molar-refractivity contribution >= 4 is 17.5 Å². The molecular weight excluding hydrogens is 238 g/mol. The average molecular weight is 256 g/mol. The summed E-state index contributed by atoms with van der Waals surface area (Å²) in [5.74, 6) is 0.707. The SMILES string of the molecule is CCCCOc1ccc(CNC(=O)CCl)cc1. The Morgan fingerprint density at radius 2 is 2.06 bits per heavy atom. The van der Waals surface area contributed by atoms with Crippen LogP contribution in [0.1, 0.15) is 25.3 Å². The summed E-state index contributed by atoms with van der Waals surface area (Å²) >= 11 is 5.38. The van der Waals surface area contributed by atoms with E-state index in [-0.39, 0.29) is 11.8 Å². The van der Waals surface area contributed by atoms with Crippen molar-refractivity contribution < 1.29 is 9.53 Å². The van der Waals surface area contributed by atoms with Crippen LogP contribution in [0, 0.1) is 0 Å². The molecule has 0 aliphatic carbocycles. The van der Waals surface area contributed by atoms with Crippen LogP contribution in [0.5, 0.6) is 5.75 Å². The zero-order chi connectivity index (χ0) is 12.5. The van der Waals surface area contributed by atoms with Gasteiger partial charge in [0.25, 0.3) is 0 Å². The normalized spacial score (nSPS) is 10.0. The summed E-state index contributed by atoms with van der Waals surface area (Å²) in [6.45, 7) is 3.38. The van der Waals surface area contributed by atoms with Gasteiger partial charge < -0.3 is 10.1 Å². The number of amides is 1. The Balaban J connectivity index is 2.36. The molecule has 0 aromatic heterocycles. The molecule has 4 heteroatoms. The van der Waals surface area contributed by atoms with E-state index < -0.39 is 0 Å². The molecule has 1 aromatic carbocycles.